The van der Waals surface area contributed by atoms with Gasteiger partial charge in [0.1, 0.15) is 0 Å². The van der Waals surface area contributed by atoms with E-state index in [-0.39, 0.29) is 30.0 Å². The van der Waals surface area contributed by atoms with Crippen molar-refractivity contribution in [3.8, 4) is 0 Å². The van der Waals surface area contributed by atoms with Gasteiger partial charge in [0.25, 0.3) is 11.6 Å². The highest BCUT2D eigenvalue weighted by Crippen LogP contribution is 2.21. The summed E-state index contributed by atoms with van der Waals surface area (Å²) in [6.45, 7) is 3.58. The van der Waals surface area contributed by atoms with Crippen molar-refractivity contribution >= 4 is 24.0 Å². The number of rotatable bonds is 4. The number of amides is 1. The van der Waals surface area contributed by atoms with Crippen LogP contribution in [-0.2, 0) is 6.42 Å². The maximum atomic E-state index is 12.1. The highest BCUT2D eigenvalue weighted by atomic mass is 35.5. The fraction of sp³-hybridized carbons (Fsp3) is 0.500. The quantitative estimate of drug-likeness (QED) is 0.658. The minimum atomic E-state index is -0.433. The first-order valence-electron chi connectivity index (χ1n) is 6.90. The normalized spacial score (nSPS) is 17.7. The lowest BCUT2D eigenvalue weighted by Gasteiger charge is -2.23. The van der Waals surface area contributed by atoms with Gasteiger partial charge in [-0.15, -0.1) is 12.4 Å². The summed E-state index contributed by atoms with van der Waals surface area (Å²) in [4.78, 5) is 22.7. The Morgan fingerprint density at radius 3 is 2.86 bits per heavy atom. The molecule has 1 aromatic carbocycles. The molecule has 1 saturated heterocycles. The zero-order valence-electron chi connectivity index (χ0n) is 11.9. The molecule has 7 heteroatoms. The molecule has 0 aromatic heterocycles. The number of nitrogens with one attached hydrogen (secondary N) is 2. The van der Waals surface area contributed by atoms with Crippen LogP contribution in [0.5, 0.6) is 0 Å². The Labute approximate surface area is 129 Å². The number of carbonyl (C=O) groups excluding carboxylic acids is 1. The Morgan fingerprint density at radius 1 is 1.52 bits per heavy atom. The molecule has 1 aromatic rings. The van der Waals surface area contributed by atoms with Crippen molar-refractivity contribution in [2.75, 3.05) is 13.1 Å². The van der Waals surface area contributed by atoms with Crippen LogP contribution >= 0.6 is 12.4 Å². The van der Waals surface area contributed by atoms with Crippen LogP contribution in [0.15, 0.2) is 18.2 Å². The Bertz CT molecular complexity index is 516. The summed E-state index contributed by atoms with van der Waals surface area (Å²) in [5.74, 6) is -0.246. The smallest absolute Gasteiger partial charge is 0.273 e. The molecule has 116 valence electrons. The summed E-state index contributed by atoms with van der Waals surface area (Å²) < 4.78 is 0. The van der Waals surface area contributed by atoms with E-state index in [0.29, 0.717) is 17.5 Å². The van der Waals surface area contributed by atoms with Gasteiger partial charge in [-0.05, 0) is 31.9 Å². The lowest BCUT2D eigenvalue weighted by molar-refractivity contribution is -0.385. The molecule has 0 bridgehead atoms. The SMILES string of the molecule is CCc1ccc(C(=O)N[C@H]2CCCNC2)cc1[N+](=O)[O-].Cl. The summed E-state index contributed by atoms with van der Waals surface area (Å²) in [5.41, 5.74) is 1.01. The Balaban J connectivity index is 0.00000220. The summed E-state index contributed by atoms with van der Waals surface area (Å²) in [7, 11) is 0. The maximum Gasteiger partial charge on any atom is 0.273 e. The molecule has 1 heterocycles. The zero-order valence-corrected chi connectivity index (χ0v) is 12.7. The summed E-state index contributed by atoms with van der Waals surface area (Å²) in [6.07, 6.45) is 2.54. The van der Waals surface area contributed by atoms with Crippen molar-refractivity contribution in [1.82, 2.24) is 10.6 Å². The molecule has 0 aliphatic carbocycles. The van der Waals surface area contributed by atoms with Crippen LogP contribution in [0.25, 0.3) is 0 Å². The zero-order chi connectivity index (χ0) is 14.5. The minimum absolute atomic E-state index is 0. The van der Waals surface area contributed by atoms with Gasteiger partial charge < -0.3 is 10.6 Å². The van der Waals surface area contributed by atoms with Crippen LogP contribution in [0.1, 0.15) is 35.7 Å². The molecule has 0 unspecified atom stereocenters. The first-order valence-corrected chi connectivity index (χ1v) is 6.90. The first-order chi connectivity index (χ1) is 9.61. The predicted octanol–water partition coefficient (Wildman–Crippen LogP) is 2.06. The standard InChI is InChI=1S/C14H19N3O3.ClH/c1-2-10-5-6-11(8-13(10)17(19)20)14(18)16-12-4-3-7-15-9-12;/h5-6,8,12,15H,2-4,7,9H2,1H3,(H,16,18);1H/t12-;/m0./s1. The van der Waals surface area contributed by atoms with Crippen LogP contribution in [0.3, 0.4) is 0 Å². The van der Waals surface area contributed by atoms with E-state index in [4.69, 9.17) is 0 Å². The highest BCUT2D eigenvalue weighted by Gasteiger charge is 2.19. The monoisotopic (exact) mass is 313 g/mol. The van der Waals surface area contributed by atoms with Gasteiger partial charge in [-0.3, -0.25) is 14.9 Å². The second kappa shape index (κ2) is 7.95. The average molecular weight is 314 g/mol. The lowest BCUT2D eigenvalue weighted by Crippen LogP contribution is -2.45. The largest absolute Gasteiger partial charge is 0.348 e. The molecule has 1 amide bonds. The first kappa shape index (κ1) is 17.4. The molecule has 1 aliphatic rings. The van der Waals surface area contributed by atoms with Crippen molar-refractivity contribution in [1.29, 1.82) is 0 Å². The van der Waals surface area contributed by atoms with Crippen molar-refractivity contribution in [2.45, 2.75) is 32.2 Å². The number of benzene rings is 1. The van der Waals surface area contributed by atoms with E-state index in [0.717, 1.165) is 25.9 Å². The van der Waals surface area contributed by atoms with Crippen molar-refractivity contribution < 1.29 is 9.72 Å². The second-order valence-electron chi connectivity index (χ2n) is 4.97. The topological polar surface area (TPSA) is 84.3 Å². The number of nitrogens with zero attached hydrogens (tertiary/aromatic N) is 1. The van der Waals surface area contributed by atoms with E-state index in [1.807, 2.05) is 6.92 Å². The fourth-order valence-corrected chi connectivity index (χ4v) is 2.42. The number of nitro benzene ring substituents is 1. The number of aryl methyl sites for hydroxylation is 1. The Kier molecular flexibility index (Phi) is 6.58. The van der Waals surface area contributed by atoms with Crippen LogP contribution < -0.4 is 10.6 Å². The van der Waals surface area contributed by atoms with Gasteiger partial charge in [0, 0.05) is 29.8 Å². The number of halogens is 1. The molecule has 0 saturated carbocycles. The van der Waals surface area contributed by atoms with E-state index >= 15 is 0 Å². The molecule has 2 N–H and O–H groups in total. The van der Waals surface area contributed by atoms with Crippen molar-refractivity contribution in [3.63, 3.8) is 0 Å². The van der Waals surface area contributed by atoms with E-state index in [1.165, 1.54) is 6.07 Å². The van der Waals surface area contributed by atoms with Crippen molar-refractivity contribution in [2.24, 2.45) is 0 Å². The number of piperidine rings is 1. The van der Waals surface area contributed by atoms with Crippen LogP contribution in [-0.4, -0.2) is 30.0 Å². The van der Waals surface area contributed by atoms with Crippen LogP contribution in [0, 0.1) is 10.1 Å². The van der Waals surface area contributed by atoms with Gasteiger partial charge >= 0.3 is 0 Å². The van der Waals surface area contributed by atoms with E-state index < -0.39 is 4.92 Å². The predicted molar refractivity (Wildman–Crippen MR) is 83.1 cm³/mol. The number of carbonyl (C=O) groups is 1. The summed E-state index contributed by atoms with van der Waals surface area (Å²) in [5, 5.41) is 17.1. The van der Waals surface area contributed by atoms with Gasteiger partial charge in [-0.25, -0.2) is 0 Å². The third kappa shape index (κ3) is 4.41. The minimum Gasteiger partial charge on any atom is -0.348 e. The van der Waals surface area contributed by atoms with Gasteiger partial charge in [0.2, 0.25) is 0 Å². The van der Waals surface area contributed by atoms with Gasteiger partial charge in [-0.2, -0.15) is 0 Å². The van der Waals surface area contributed by atoms with Gasteiger partial charge in [0.15, 0.2) is 0 Å². The Morgan fingerprint density at radius 2 is 2.29 bits per heavy atom. The van der Waals surface area contributed by atoms with E-state index in [1.54, 1.807) is 12.1 Å². The molecule has 6 nitrogen and oxygen atoms in total. The average Bonchev–Trinajstić information content (AvgIpc) is 2.47. The maximum absolute atomic E-state index is 12.1. The summed E-state index contributed by atoms with van der Waals surface area (Å²) in [6, 6.07) is 4.77. The van der Waals surface area contributed by atoms with Crippen molar-refractivity contribution in [3.05, 3.63) is 39.4 Å². The molecular weight excluding hydrogens is 294 g/mol. The number of nitro groups is 1. The fourth-order valence-electron chi connectivity index (χ4n) is 2.42. The van der Waals surface area contributed by atoms with Crippen LogP contribution in [0.4, 0.5) is 5.69 Å². The molecule has 1 fully saturated rings. The third-order valence-electron chi connectivity index (χ3n) is 3.56. The second-order valence-corrected chi connectivity index (χ2v) is 4.97. The van der Waals surface area contributed by atoms with Crippen LogP contribution in [0.2, 0.25) is 0 Å². The van der Waals surface area contributed by atoms with Gasteiger partial charge in [-0.1, -0.05) is 13.0 Å². The third-order valence-corrected chi connectivity index (χ3v) is 3.56. The number of hydrogen-bond acceptors (Lipinski definition) is 4. The molecule has 2 rings (SSSR count). The molecule has 0 spiro atoms. The van der Waals surface area contributed by atoms with Gasteiger partial charge in [0.05, 0.1) is 4.92 Å². The Hall–Kier alpha value is -1.66. The molecule has 1 aliphatic heterocycles. The summed E-state index contributed by atoms with van der Waals surface area (Å²) >= 11 is 0. The highest BCUT2D eigenvalue weighted by molar-refractivity contribution is 5.95. The molecule has 0 radical (unpaired) electrons. The molecular formula is C14H20ClN3O3. The van der Waals surface area contributed by atoms with E-state index in [9.17, 15) is 14.9 Å². The molecule has 21 heavy (non-hydrogen) atoms. The lowest BCUT2D eigenvalue weighted by atomic mass is 10.0. The van der Waals surface area contributed by atoms with E-state index in [2.05, 4.69) is 10.6 Å². The molecule has 1 atom stereocenters. The number of hydrogen-bond donors (Lipinski definition) is 2.